The van der Waals surface area contributed by atoms with E-state index in [4.69, 9.17) is 5.73 Å². The summed E-state index contributed by atoms with van der Waals surface area (Å²) in [7, 11) is 0. The SMILES string of the molecule is Cc1ccc(O)c2[nH]c3c(C(N)=O)c4nc(C(C)(C)F)cnc4n3c12. The van der Waals surface area contributed by atoms with E-state index in [2.05, 4.69) is 15.0 Å². The molecule has 4 N–H and O–H groups in total. The predicted octanol–water partition coefficient (Wildman–Crippen LogP) is 2.68. The molecular weight excluding hydrogens is 325 g/mol. The first kappa shape index (κ1) is 15.4. The van der Waals surface area contributed by atoms with Crippen LogP contribution >= 0.6 is 0 Å². The van der Waals surface area contributed by atoms with E-state index in [9.17, 15) is 14.3 Å². The number of aryl methyl sites for hydroxylation is 1. The van der Waals surface area contributed by atoms with Crippen LogP contribution in [-0.4, -0.2) is 30.4 Å². The Bertz CT molecular complexity index is 1180. The average Bonchev–Trinajstić information content (AvgIpc) is 3.04. The normalized spacial score (nSPS) is 12.5. The highest BCUT2D eigenvalue weighted by molar-refractivity contribution is 6.12. The van der Waals surface area contributed by atoms with Gasteiger partial charge in [-0.25, -0.2) is 14.4 Å². The second-order valence-electron chi connectivity index (χ2n) is 6.57. The summed E-state index contributed by atoms with van der Waals surface area (Å²) < 4.78 is 15.9. The number of hydrogen-bond donors (Lipinski definition) is 3. The number of hydrogen-bond acceptors (Lipinski definition) is 4. The molecule has 0 bridgehead atoms. The zero-order valence-electron chi connectivity index (χ0n) is 13.9. The number of amides is 1. The molecule has 128 valence electrons. The summed E-state index contributed by atoms with van der Waals surface area (Å²) in [5.74, 6) is -0.665. The number of fused-ring (bicyclic) bond motifs is 5. The van der Waals surface area contributed by atoms with Crippen molar-refractivity contribution in [3.8, 4) is 5.75 Å². The lowest BCUT2D eigenvalue weighted by atomic mass is 10.1. The van der Waals surface area contributed by atoms with Crippen molar-refractivity contribution in [2.75, 3.05) is 0 Å². The van der Waals surface area contributed by atoms with E-state index in [1.807, 2.05) is 6.92 Å². The summed E-state index contributed by atoms with van der Waals surface area (Å²) in [6.45, 7) is 4.61. The Morgan fingerprint density at radius 3 is 2.76 bits per heavy atom. The zero-order chi connectivity index (χ0) is 18.1. The Morgan fingerprint density at radius 2 is 2.12 bits per heavy atom. The summed E-state index contributed by atoms with van der Waals surface area (Å²) in [4.78, 5) is 23.7. The van der Waals surface area contributed by atoms with Crippen LogP contribution in [0.5, 0.6) is 5.75 Å². The average molecular weight is 341 g/mol. The number of benzene rings is 1. The quantitative estimate of drug-likeness (QED) is 0.521. The second kappa shape index (κ2) is 4.69. The summed E-state index contributed by atoms with van der Waals surface area (Å²) in [5.41, 5.74) is 7.04. The van der Waals surface area contributed by atoms with Crippen molar-refractivity contribution in [1.29, 1.82) is 0 Å². The van der Waals surface area contributed by atoms with Gasteiger partial charge in [0.15, 0.2) is 5.65 Å². The number of nitrogens with one attached hydrogen (secondary N) is 1. The van der Waals surface area contributed by atoms with Crippen LogP contribution in [-0.2, 0) is 5.67 Å². The smallest absolute Gasteiger partial charge is 0.254 e. The van der Waals surface area contributed by atoms with Crippen molar-refractivity contribution in [2.24, 2.45) is 5.73 Å². The molecule has 3 aromatic heterocycles. The van der Waals surface area contributed by atoms with Crippen molar-refractivity contribution < 1.29 is 14.3 Å². The van der Waals surface area contributed by atoms with Crippen LogP contribution in [0.3, 0.4) is 0 Å². The van der Waals surface area contributed by atoms with E-state index < -0.39 is 11.6 Å². The maximum Gasteiger partial charge on any atom is 0.254 e. The standard InChI is InChI=1S/C17H16FN5O2/c1-7-4-5-8(24)11-13(7)23-15(22-11)10(14(19)25)12-16(23)20-6-9(21-12)17(2,3)18/h4-6,22,24H,1-3H3,(H2,19,25). The number of nitrogens with zero attached hydrogens (tertiary/aromatic N) is 3. The summed E-state index contributed by atoms with van der Waals surface area (Å²) in [6.07, 6.45) is 1.34. The van der Waals surface area contributed by atoms with Gasteiger partial charge < -0.3 is 15.8 Å². The fraction of sp³-hybridized carbons (Fsp3) is 0.235. The minimum atomic E-state index is -1.71. The number of rotatable bonds is 2. The highest BCUT2D eigenvalue weighted by Gasteiger charge is 2.27. The van der Waals surface area contributed by atoms with Gasteiger partial charge in [-0.1, -0.05) is 6.07 Å². The largest absolute Gasteiger partial charge is 0.506 e. The third kappa shape index (κ3) is 2.00. The molecular formula is C17H16FN5O2. The van der Waals surface area contributed by atoms with Gasteiger partial charge in [-0.15, -0.1) is 0 Å². The van der Waals surface area contributed by atoms with E-state index in [1.54, 1.807) is 16.5 Å². The molecule has 1 aromatic carbocycles. The first-order valence-corrected chi connectivity index (χ1v) is 7.70. The minimum absolute atomic E-state index is 0.0438. The molecule has 1 amide bonds. The minimum Gasteiger partial charge on any atom is -0.506 e. The molecule has 0 saturated carbocycles. The number of aromatic amines is 1. The van der Waals surface area contributed by atoms with E-state index >= 15 is 0 Å². The van der Waals surface area contributed by atoms with Crippen LogP contribution in [0.1, 0.15) is 35.5 Å². The lowest BCUT2D eigenvalue weighted by molar-refractivity contribution is 0.100. The number of primary amides is 1. The van der Waals surface area contributed by atoms with Gasteiger partial charge in [-0.2, -0.15) is 0 Å². The van der Waals surface area contributed by atoms with Gasteiger partial charge in [-0.05, 0) is 32.4 Å². The van der Waals surface area contributed by atoms with Crippen molar-refractivity contribution in [3.05, 3.63) is 35.2 Å². The van der Waals surface area contributed by atoms with Crippen molar-refractivity contribution in [2.45, 2.75) is 26.4 Å². The second-order valence-corrected chi connectivity index (χ2v) is 6.57. The van der Waals surface area contributed by atoms with E-state index in [0.29, 0.717) is 22.3 Å². The first-order chi connectivity index (χ1) is 11.7. The van der Waals surface area contributed by atoms with Crippen molar-refractivity contribution >= 4 is 33.8 Å². The Hall–Kier alpha value is -3.16. The number of alkyl halides is 1. The molecule has 25 heavy (non-hydrogen) atoms. The molecule has 0 unspecified atom stereocenters. The number of phenolic OH excluding ortho intramolecular Hbond substituents is 1. The molecule has 0 aliphatic heterocycles. The number of carbonyl (C=O) groups excluding carboxylic acids is 1. The molecule has 7 nitrogen and oxygen atoms in total. The number of halogens is 1. The van der Waals surface area contributed by atoms with Crippen LogP contribution in [0.2, 0.25) is 0 Å². The van der Waals surface area contributed by atoms with E-state index in [1.165, 1.54) is 20.0 Å². The predicted molar refractivity (Wildman–Crippen MR) is 91.4 cm³/mol. The molecule has 0 fully saturated rings. The molecule has 0 spiro atoms. The third-order valence-electron chi connectivity index (χ3n) is 4.34. The molecule has 0 aliphatic carbocycles. The molecule has 0 aliphatic rings. The number of aromatic hydroxyl groups is 1. The summed E-state index contributed by atoms with van der Waals surface area (Å²) >= 11 is 0. The Labute approximate surface area is 141 Å². The fourth-order valence-corrected chi connectivity index (χ4v) is 3.11. The highest BCUT2D eigenvalue weighted by Crippen LogP contribution is 2.34. The highest BCUT2D eigenvalue weighted by atomic mass is 19.1. The third-order valence-corrected chi connectivity index (χ3v) is 4.34. The van der Waals surface area contributed by atoms with Gasteiger partial charge >= 0.3 is 0 Å². The monoisotopic (exact) mass is 341 g/mol. The topological polar surface area (TPSA) is 109 Å². The van der Waals surface area contributed by atoms with Crippen LogP contribution in [0.25, 0.3) is 27.8 Å². The number of nitrogens with two attached hydrogens (primary N) is 1. The Kier molecular flexibility index (Phi) is 2.88. The van der Waals surface area contributed by atoms with Crippen molar-refractivity contribution in [3.63, 3.8) is 0 Å². The van der Waals surface area contributed by atoms with Crippen LogP contribution in [0.15, 0.2) is 18.3 Å². The van der Waals surface area contributed by atoms with Crippen LogP contribution < -0.4 is 5.73 Å². The van der Waals surface area contributed by atoms with Gasteiger partial charge in [0, 0.05) is 0 Å². The summed E-state index contributed by atoms with van der Waals surface area (Å²) in [5, 5.41) is 10.1. The Morgan fingerprint density at radius 1 is 1.40 bits per heavy atom. The number of imidazole rings is 1. The lowest BCUT2D eigenvalue weighted by Gasteiger charge is -2.12. The molecule has 3 heterocycles. The molecule has 0 atom stereocenters. The van der Waals surface area contributed by atoms with Crippen molar-refractivity contribution in [1.82, 2.24) is 19.4 Å². The maximum atomic E-state index is 14.3. The lowest BCUT2D eigenvalue weighted by Crippen LogP contribution is -2.14. The van der Waals surface area contributed by atoms with Crippen LogP contribution in [0, 0.1) is 6.92 Å². The van der Waals surface area contributed by atoms with Gasteiger partial charge in [-0.3, -0.25) is 9.20 Å². The Balaban J connectivity index is 2.26. The fourth-order valence-electron chi connectivity index (χ4n) is 3.11. The van der Waals surface area contributed by atoms with E-state index in [0.717, 1.165) is 5.56 Å². The molecule has 0 radical (unpaired) electrons. The number of aromatic nitrogens is 4. The zero-order valence-corrected chi connectivity index (χ0v) is 13.9. The number of H-pyrrole nitrogens is 1. The van der Waals surface area contributed by atoms with Gasteiger partial charge in [0.1, 0.15) is 33.7 Å². The number of phenols is 1. The molecule has 4 rings (SSSR count). The van der Waals surface area contributed by atoms with Gasteiger partial charge in [0.25, 0.3) is 5.91 Å². The molecule has 0 saturated heterocycles. The number of carbonyl (C=O) groups is 1. The molecule has 4 aromatic rings. The van der Waals surface area contributed by atoms with E-state index in [-0.39, 0.29) is 22.5 Å². The molecule has 8 heteroatoms. The maximum absolute atomic E-state index is 14.3. The van der Waals surface area contributed by atoms with Gasteiger partial charge in [0.05, 0.1) is 17.4 Å². The van der Waals surface area contributed by atoms with Crippen LogP contribution in [0.4, 0.5) is 4.39 Å². The summed E-state index contributed by atoms with van der Waals surface area (Å²) in [6, 6.07) is 3.32. The first-order valence-electron chi connectivity index (χ1n) is 7.70. The van der Waals surface area contributed by atoms with Gasteiger partial charge in [0.2, 0.25) is 0 Å².